The van der Waals surface area contributed by atoms with E-state index in [9.17, 15) is 4.79 Å². The highest BCUT2D eigenvalue weighted by atomic mass is 32.2. The molecule has 7 heteroatoms. The van der Waals surface area contributed by atoms with E-state index in [0.717, 1.165) is 30.0 Å². The molecule has 6 nitrogen and oxygen atoms in total. The third-order valence-corrected chi connectivity index (χ3v) is 5.09. The van der Waals surface area contributed by atoms with E-state index in [4.69, 9.17) is 0 Å². The van der Waals surface area contributed by atoms with E-state index in [1.807, 2.05) is 47.4 Å². The fraction of sp³-hybridized carbons (Fsp3) is 0.294. The summed E-state index contributed by atoms with van der Waals surface area (Å²) in [4.78, 5) is 18.8. The molecule has 1 aliphatic heterocycles. The van der Waals surface area contributed by atoms with Gasteiger partial charge in [-0.25, -0.2) is 4.98 Å². The lowest BCUT2D eigenvalue weighted by Crippen LogP contribution is -2.30. The van der Waals surface area contributed by atoms with Crippen LogP contribution in [-0.2, 0) is 11.2 Å². The van der Waals surface area contributed by atoms with Crippen molar-refractivity contribution >= 4 is 29.1 Å². The predicted octanol–water partition coefficient (Wildman–Crippen LogP) is 2.42. The third kappa shape index (κ3) is 2.54. The van der Waals surface area contributed by atoms with Crippen molar-refractivity contribution in [3.63, 3.8) is 0 Å². The normalized spacial score (nSPS) is 13.5. The molecule has 0 fully saturated rings. The Morgan fingerprint density at radius 2 is 2.08 bits per heavy atom. The van der Waals surface area contributed by atoms with Crippen LogP contribution in [0.4, 0.5) is 5.69 Å². The zero-order valence-corrected chi connectivity index (χ0v) is 14.4. The van der Waals surface area contributed by atoms with Crippen molar-refractivity contribution in [3.8, 4) is 0 Å². The molecule has 0 bridgehead atoms. The maximum absolute atomic E-state index is 12.6. The second kappa shape index (κ2) is 5.90. The van der Waals surface area contributed by atoms with Gasteiger partial charge in [0.15, 0.2) is 5.16 Å². The molecule has 1 amide bonds. The van der Waals surface area contributed by atoms with Crippen LogP contribution in [0.5, 0.6) is 0 Å². The van der Waals surface area contributed by atoms with Crippen molar-refractivity contribution in [1.82, 2.24) is 19.6 Å². The van der Waals surface area contributed by atoms with E-state index in [1.165, 1.54) is 17.3 Å². The molecule has 0 spiro atoms. The predicted molar refractivity (Wildman–Crippen MR) is 93.5 cm³/mol. The van der Waals surface area contributed by atoms with Crippen molar-refractivity contribution in [1.29, 1.82) is 0 Å². The van der Waals surface area contributed by atoms with Crippen molar-refractivity contribution in [2.45, 2.75) is 25.4 Å². The zero-order valence-electron chi connectivity index (χ0n) is 13.6. The molecule has 3 heterocycles. The number of para-hydroxylation sites is 1. The Morgan fingerprint density at radius 3 is 2.96 bits per heavy atom. The van der Waals surface area contributed by atoms with Crippen LogP contribution in [0.2, 0.25) is 0 Å². The first-order valence-corrected chi connectivity index (χ1v) is 8.82. The van der Waals surface area contributed by atoms with Gasteiger partial charge >= 0.3 is 0 Å². The number of fused-ring (bicyclic) bond motifs is 2. The van der Waals surface area contributed by atoms with Gasteiger partial charge in [0.1, 0.15) is 0 Å². The van der Waals surface area contributed by atoms with Crippen LogP contribution in [0, 0.1) is 13.8 Å². The highest BCUT2D eigenvalue weighted by molar-refractivity contribution is 7.99. The SMILES string of the molecule is Cc1cc(C)n2c(SCC(=O)N3CCc4ccccc43)nnc2n1. The average molecular weight is 339 g/mol. The summed E-state index contributed by atoms with van der Waals surface area (Å²) in [5.74, 6) is 1.01. The Kier molecular flexibility index (Phi) is 3.72. The van der Waals surface area contributed by atoms with Gasteiger partial charge in [-0.2, -0.15) is 0 Å². The van der Waals surface area contributed by atoms with Crippen LogP contribution in [0.25, 0.3) is 5.78 Å². The summed E-state index contributed by atoms with van der Waals surface area (Å²) in [6.45, 7) is 4.68. The Hall–Kier alpha value is -2.41. The summed E-state index contributed by atoms with van der Waals surface area (Å²) in [6.07, 6.45) is 0.919. The lowest BCUT2D eigenvalue weighted by Gasteiger charge is -2.16. The molecule has 1 aromatic carbocycles. The smallest absolute Gasteiger partial charge is 0.256 e. The van der Waals surface area contributed by atoms with E-state index in [-0.39, 0.29) is 5.91 Å². The van der Waals surface area contributed by atoms with Crippen LogP contribution in [-0.4, -0.2) is 37.8 Å². The molecule has 0 saturated heterocycles. The van der Waals surface area contributed by atoms with E-state index in [0.29, 0.717) is 16.7 Å². The quantitative estimate of drug-likeness (QED) is 0.686. The monoisotopic (exact) mass is 339 g/mol. The lowest BCUT2D eigenvalue weighted by atomic mass is 10.2. The molecule has 122 valence electrons. The van der Waals surface area contributed by atoms with Gasteiger partial charge in [-0.05, 0) is 38.0 Å². The highest BCUT2D eigenvalue weighted by Crippen LogP contribution is 2.28. The molecule has 1 aliphatic rings. The molecule has 0 aliphatic carbocycles. The number of aryl methyl sites for hydroxylation is 2. The van der Waals surface area contributed by atoms with Crippen LogP contribution < -0.4 is 4.90 Å². The van der Waals surface area contributed by atoms with Crippen LogP contribution in [0.15, 0.2) is 35.5 Å². The maximum atomic E-state index is 12.6. The van der Waals surface area contributed by atoms with E-state index in [2.05, 4.69) is 21.2 Å². The van der Waals surface area contributed by atoms with Crippen LogP contribution in [0.1, 0.15) is 17.0 Å². The number of carbonyl (C=O) groups excluding carboxylic acids is 1. The number of anilines is 1. The molecule has 4 rings (SSSR count). The number of benzene rings is 1. The standard InChI is InChI=1S/C17H17N5OS/c1-11-9-12(2)22-16(18-11)19-20-17(22)24-10-15(23)21-8-7-13-5-3-4-6-14(13)21/h3-6,9H,7-8,10H2,1-2H3. The summed E-state index contributed by atoms with van der Waals surface area (Å²) >= 11 is 1.40. The first-order valence-electron chi connectivity index (χ1n) is 7.84. The molecule has 0 N–H and O–H groups in total. The molecular formula is C17H17N5OS. The average Bonchev–Trinajstić information content (AvgIpc) is 3.16. The van der Waals surface area contributed by atoms with Crippen LogP contribution >= 0.6 is 11.8 Å². The summed E-state index contributed by atoms with van der Waals surface area (Å²) in [5.41, 5.74) is 4.19. The fourth-order valence-corrected chi connectivity index (χ4v) is 3.96. The van der Waals surface area contributed by atoms with Gasteiger partial charge in [0.05, 0.1) is 5.75 Å². The lowest BCUT2D eigenvalue weighted by molar-refractivity contribution is -0.116. The Labute approximate surface area is 143 Å². The molecule has 0 saturated carbocycles. The third-order valence-electron chi connectivity index (χ3n) is 4.18. The molecule has 2 aromatic heterocycles. The van der Waals surface area contributed by atoms with Crippen molar-refractivity contribution < 1.29 is 4.79 Å². The van der Waals surface area contributed by atoms with Gasteiger partial charge in [-0.1, -0.05) is 30.0 Å². The van der Waals surface area contributed by atoms with Crippen molar-refractivity contribution in [2.75, 3.05) is 17.2 Å². The summed E-state index contributed by atoms with van der Waals surface area (Å²) in [6, 6.07) is 10.1. The first-order chi connectivity index (χ1) is 11.6. The Morgan fingerprint density at radius 1 is 1.25 bits per heavy atom. The highest BCUT2D eigenvalue weighted by Gasteiger charge is 2.24. The number of aromatic nitrogens is 4. The van der Waals surface area contributed by atoms with E-state index < -0.39 is 0 Å². The number of hydrogen-bond acceptors (Lipinski definition) is 5. The van der Waals surface area contributed by atoms with Gasteiger partial charge in [0.25, 0.3) is 5.78 Å². The van der Waals surface area contributed by atoms with Crippen molar-refractivity contribution in [3.05, 3.63) is 47.3 Å². The molecule has 24 heavy (non-hydrogen) atoms. The zero-order chi connectivity index (χ0) is 16.7. The largest absolute Gasteiger partial charge is 0.311 e. The first kappa shape index (κ1) is 15.1. The number of thioether (sulfide) groups is 1. The number of hydrogen-bond donors (Lipinski definition) is 0. The number of amides is 1. The minimum Gasteiger partial charge on any atom is -0.311 e. The van der Waals surface area contributed by atoms with Crippen molar-refractivity contribution in [2.24, 2.45) is 0 Å². The summed E-state index contributed by atoms with van der Waals surface area (Å²) < 4.78 is 1.89. The number of nitrogens with zero attached hydrogens (tertiary/aromatic N) is 5. The minimum absolute atomic E-state index is 0.0967. The van der Waals surface area contributed by atoms with Gasteiger partial charge in [-0.15, -0.1) is 10.2 Å². The van der Waals surface area contributed by atoms with Gasteiger partial charge in [0, 0.05) is 23.6 Å². The van der Waals surface area contributed by atoms with E-state index >= 15 is 0 Å². The van der Waals surface area contributed by atoms with Gasteiger partial charge in [0.2, 0.25) is 5.91 Å². The molecule has 0 radical (unpaired) electrons. The molecule has 3 aromatic rings. The number of rotatable bonds is 3. The Bertz CT molecular complexity index is 936. The topological polar surface area (TPSA) is 63.4 Å². The van der Waals surface area contributed by atoms with Gasteiger partial charge in [-0.3, -0.25) is 9.20 Å². The van der Waals surface area contributed by atoms with Crippen LogP contribution in [0.3, 0.4) is 0 Å². The maximum Gasteiger partial charge on any atom is 0.256 e. The summed E-state index contributed by atoms with van der Waals surface area (Å²) in [7, 11) is 0. The summed E-state index contributed by atoms with van der Waals surface area (Å²) in [5, 5.41) is 9.00. The minimum atomic E-state index is 0.0967. The molecule has 0 atom stereocenters. The Balaban J connectivity index is 1.53. The molecule has 0 unspecified atom stereocenters. The van der Waals surface area contributed by atoms with E-state index in [1.54, 1.807) is 0 Å². The second-order valence-electron chi connectivity index (χ2n) is 5.87. The number of carbonyl (C=O) groups is 1. The second-order valence-corrected chi connectivity index (χ2v) is 6.81. The van der Waals surface area contributed by atoms with Gasteiger partial charge < -0.3 is 4.90 Å². The fourth-order valence-electron chi connectivity index (χ4n) is 3.10. The molecular weight excluding hydrogens is 322 g/mol.